The molecule has 3 aromatic carbocycles. The Morgan fingerprint density at radius 3 is 2.71 bits per heavy atom. The Bertz CT molecular complexity index is 1620. The number of rotatable bonds is 5. The lowest BCUT2D eigenvalue weighted by Gasteiger charge is -2.10. The molecule has 0 aliphatic carbocycles. The average molecular weight is 471 g/mol. The molecular formula is C25H18N4O4S. The number of fused-ring (bicyclic) bond motifs is 2. The van der Waals surface area contributed by atoms with Gasteiger partial charge in [-0.05, 0) is 42.0 Å². The summed E-state index contributed by atoms with van der Waals surface area (Å²) in [4.78, 5) is 42.4. The highest BCUT2D eigenvalue weighted by molar-refractivity contribution is 7.16. The molecule has 0 radical (unpaired) electrons. The molecule has 168 valence electrons. The van der Waals surface area contributed by atoms with Crippen LogP contribution in [0.4, 0.5) is 5.69 Å². The number of nitrogens with zero attached hydrogens (tertiary/aromatic N) is 3. The number of esters is 1. The number of hydrogen-bond acceptors (Lipinski definition) is 7. The van der Waals surface area contributed by atoms with Crippen LogP contribution in [0.3, 0.4) is 0 Å². The minimum Gasteiger partial charge on any atom is -0.456 e. The topological polar surface area (TPSA) is 103 Å². The fraction of sp³-hybridized carbons (Fsp3) is 0.0800. The van der Waals surface area contributed by atoms with E-state index < -0.39 is 5.97 Å². The van der Waals surface area contributed by atoms with Crippen LogP contribution in [0.2, 0.25) is 0 Å². The van der Waals surface area contributed by atoms with E-state index in [4.69, 9.17) is 4.74 Å². The van der Waals surface area contributed by atoms with Gasteiger partial charge in [0.05, 0.1) is 11.3 Å². The van der Waals surface area contributed by atoms with Crippen LogP contribution in [0.25, 0.3) is 15.7 Å². The molecule has 8 nitrogen and oxygen atoms in total. The number of carbonyl (C=O) groups is 2. The fourth-order valence-corrected chi connectivity index (χ4v) is 4.36. The van der Waals surface area contributed by atoms with Crippen LogP contribution >= 0.6 is 11.3 Å². The van der Waals surface area contributed by atoms with Gasteiger partial charge in [0.2, 0.25) is 4.96 Å². The zero-order valence-electron chi connectivity index (χ0n) is 18.0. The number of benzene rings is 3. The van der Waals surface area contributed by atoms with E-state index in [1.807, 2.05) is 36.4 Å². The second kappa shape index (κ2) is 8.87. The Hall–Kier alpha value is -4.37. The van der Waals surface area contributed by atoms with Gasteiger partial charge in [-0.25, -0.2) is 9.78 Å². The predicted octanol–water partition coefficient (Wildman–Crippen LogP) is 4.22. The van der Waals surface area contributed by atoms with Crippen molar-refractivity contribution in [2.24, 2.45) is 0 Å². The second-order valence-corrected chi connectivity index (χ2v) is 8.70. The number of nitrogens with one attached hydrogen (secondary N) is 1. The summed E-state index contributed by atoms with van der Waals surface area (Å²) in [7, 11) is 0. The van der Waals surface area contributed by atoms with Crippen LogP contribution in [0.1, 0.15) is 31.4 Å². The first-order chi connectivity index (χ1) is 16.5. The summed E-state index contributed by atoms with van der Waals surface area (Å²) in [6, 6.07) is 21.0. The Kier molecular flexibility index (Phi) is 5.60. The maximum atomic E-state index is 12.9. The lowest BCUT2D eigenvalue weighted by Crippen LogP contribution is -2.16. The summed E-state index contributed by atoms with van der Waals surface area (Å²) >= 11 is 1.28. The lowest BCUT2D eigenvalue weighted by atomic mass is 10.0. The quantitative estimate of drug-likeness (QED) is 0.386. The minimum atomic E-state index is -0.594. The first-order valence-electron chi connectivity index (χ1n) is 10.4. The van der Waals surface area contributed by atoms with Crippen molar-refractivity contribution in [1.82, 2.24) is 14.6 Å². The second-order valence-electron chi connectivity index (χ2n) is 7.54. The molecule has 0 atom stereocenters. The van der Waals surface area contributed by atoms with Gasteiger partial charge in [0.25, 0.3) is 11.5 Å². The number of aromatic nitrogens is 3. The third-order valence-electron chi connectivity index (χ3n) is 5.14. The number of aryl methyl sites for hydroxylation is 1. The largest absolute Gasteiger partial charge is 0.456 e. The molecule has 1 amide bonds. The van der Waals surface area contributed by atoms with E-state index in [1.165, 1.54) is 21.9 Å². The lowest BCUT2D eigenvalue weighted by molar-refractivity contribution is 0.0467. The average Bonchev–Trinajstić information content (AvgIpc) is 3.23. The maximum Gasteiger partial charge on any atom is 0.338 e. The summed E-state index contributed by atoms with van der Waals surface area (Å²) in [5.74, 6) is -0.871. The van der Waals surface area contributed by atoms with Crippen LogP contribution in [0.15, 0.2) is 77.6 Å². The van der Waals surface area contributed by atoms with Gasteiger partial charge in [-0.15, -0.1) is 0 Å². The molecule has 0 fully saturated rings. The summed E-state index contributed by atoms with van der Waals surface area (Å²) in [5, 5.41) is 9.44. The SMILES string of the molecule is Cc1nn2c(=O)cc(COC(=O)c3cccc(NC(=O)c4cccc5ccccc45)c3)nc2s1. The van der Waals surface area contributed by atoms with Crippen molar-refractivity contribution in [2.75, 3.05) is 5.32 Å². The standard InChI is InChI=1S/C25H18N4O4S/c1-15-28-29-22(30)13-19(27-25(29)34-15)14-33-24(32)17-8-4-9-18(12-17)26-23(31)21-11-5-7-16-6-2-3-10-20(16)21/h2-13H,14H2,1H3,(H,26,31). The van der Waals surface area contributed by atoms with Gasteiger partial charge < -0.3 is 10.1 Å². The first kappa shape index (κ1) is 21.5. The van der Waals surface area contributed by atoms with Crippen LogP contribution in [0.5, 0.6) is 0 Å². The molecule has 5 rings (SSSR count). The number of hydrogen-bond donors (Lipinski definition) is 1. The van der Waals surface area contributed by atoms with Crippen molar-refractivity contribution < 1.29 is 14.3 Å². The molecule has 0 aliphatic heterocycles. The van der Waals surface area contributed by atoms with Crippen molar-refractivity contribution in [2.45, 2.75) is 13.5 Å². The molecule has 5 aromatic rings. The highest BCUT2D eigenvalue weighted by Gasteiger charge is 2.14. The van der Waals surface area contributed by atoms with Crippen molar-refractivity contribution in [3.8, 4) is 0 Å². The van der Waals surface area contributed by atoms with Crippen LogP contribution in [-0.4, -0.2) is 26.5 Å². The molecule has 0 spiro atoms. The summed E-state index contributed by atoms with van der Waals surface area (Å²) in [6.45, 7) is 1.62. The van der Waals surface area contributed by atoms with Gasteiger partial charge in [0.15, 0.2) is 0 Å². The molecule has 0 unspecified atom stereocenters. The summed E-state index contributed by atoms with van der Waals surface area (Å²) in [6.07, 6.45) is 0. The molecule has 34 heavy (non-hydrogen) atoms. The van der Waals surface area contributed by atoms with E-state index in [-0.39, 0.29) is 23.6 Å². The Labute approximate surface area is 197 Å². The smallest absolute Gasteiger partial charge is 0.338 e. The van der Waals surface area contributed by atoms with E-state index in [1.54, 1.807) is 37.3 Å². The zero-order valence-corrected chi connectivity index (χ0v) is 18.8. The van der Waals surface area contributed by atoms with E-state index in [0.29, 0.717) is 26.9 Å². The molecule has 0 aliphatic rings. The van der Waals surface area contributed by atoms with Gasteiger partial charge in [0, 0.05) is 17.3 Å². The Balaban J connectivity index is 1.30. The van der Waals surface area contributed by atoms with E-state index >= 15 is 0 Å². The number of ether oxygens (including phenoxy) is 1. The minimum absolute atomic E-state index is 0.159. The van der Waals surface area contributed by atoms with E-state index in [9.17, 15) is 14.4 Å². The van der Waals surface area contributed by atoms with Gasteiger partial charge in [-0.2, -0.15) is 9.61 Å². The highest BCUT2D eigenvalue weighted by Crippen LogP contribution is 2.20. The summed E-state index contributed by atoms with van der Waals surface area (Å²) < 4.78 is 6.56. The van der Waals surface area contributed by atoms with Gasteiger partial charge in [-0.3, -0.25) is 9.59 Å². The molecule has 1 N–H and O–H groups in total. The molecule has 0 bridgehead atoms. The Morgan fingerprint density at radius 1 is 1.03 bits per heavy atom. The maximum absolute atomic E-state index is 12.9. The van der Waals surface area contributed by atoms with Crippen LogP contribution in [0, 0.1) is 6.92 Å². The molecule has 0 saturated carbocycles. The van der Waals surface area contributed by atoms with Crippen LogP contribution in [-0.2, 0) is 11.3 Å². The zero-order chi connectivity index (χ0) is 23.7. The van der Waals surface area contributed by atoms with Gasteiger partial charge in [-0.1, -0.05) is 53.8 Å². The first-order valence-corrected chi connectivity index (χ1v) is 11.2. The molecule has 2 aromatic heterocycles. The van der Waals surface area contributed by atoms with E-state index in [2.05, 4.69) is 15.4 Å². The third kappa shape index (κ3) is 4.28. The highest BCUT2D eigenvalue weighted by atomic mass is 32.1. The van der Waals surface area contributed by atoms with Gasteiger partial charge in [0.1, 0.15) is 11.6 Å². The third-order valence-corrected chi connectivity index (χ3v) is 5.96. The fourth-order valence-electron chi connectivity index (χ4n) is 3.59. The molecular weight excluding hydrogens is 452 g/mol. The van der Waals surface area contributed by atoms with Crippen molar-refractivity contribution in [1.29, 1.82) is 0 Å². The van der Waals surface area contributed by atoms with E-state index in [0.717, 1.165) is 10.8 Å². The predicted molar refractivity (Wildman–Crippen MR) is 129 cm³/mol. The monoisotopic (exact) mass is 470 g/mol. The number of carbonyl (C=O) groups excluding carboxylic acids is 2. The number of amides is 1. The molecule has 9 heteroatoms. The van der Waals surface area contributed by atoms with Crippen molar-refractivity contribution >= 4 is 44.6 Å². The molecule has 2 heterocycles. The van der Waals surface area contributed by atoms with Gasteiger partial charge >= 0.3 is 5.97 Å². The Morgan fingerprint density at radius 2 is 1.82 bits per heavy atom. The number of anilines is 1. The molecule has 0 saturated heterocycles. The van der Waals surface area contributed by atoms with Crippen molar-refractivity contribution in [3.63, 3.8) is 0 Å². The summed E-state index contributed by atoms with van der Waals surface area (Å²) in [5.41, 5.74) is 1.27. The normalized spacial score (nSPS) is 11.0. The van der Waals surface area contributed by atoms with Crippen molar-refractivity contribution in [3.05, 3.63) is 105 Å². The van der Waals surface area contributed by atoms with Crippen LogP contribution < -0.4 is 10.9 Å².